The van der Waals surface area contributed by atoms with Crippen molar-refractivity contribution in [2.75, 3.05) is 5.32 Å². The van der Waals surface area contributed by atoms with Crippen LogP contribution in [0.15, 0.2) is 60.3 Å². The van der Waals surface area contributed by atoms with E-state index in [4.69, 9.17) is 23.2 Å². The second-order valence-electron chi connectivity index (χ2n) is 4.33. The molecule has 2 aromatic carbocycles. The molecule has 1 N–H and O–H groups in total. The number of ketones is 1. The summed E-state index contributed by atoms with van der Waals surface area (Å²) in [6.07, 6.45) is 1.55. The molecule has 0 heterocycles. The molecule has 0 saturated heterocycles. The van der Waals surface area contributed by atoms with Gasteiger partial charge >= 0.3 is 0 Å². The summed E-state index contributed by atoms with van der Waals surface area (Å²) in [6.45, 7) is 1.84. The predicted octanol–water partition coefficient (Wildman–Crippen LogP) is 5.19. The molecule has 0 atom stereocenters. The smallest absolute Gasteiger partial charge is 0.187 e. The van der Waals surface area contributed by atoms with E-state index in [-0.39, 0.29) is 5.78 Å². The minimum atomic E-state index is -0.0689. The van der Waals surface area contributed by atoms with E-state index in [2.05, 4.69) is 5.32 Å². The Balaban J connectivity index is 2.07. The van der Waals surface area contributed by atoms with E-state index in [0.717, 1.165) is 11.4 Å². The third kappa shape index (κ3) is 4.12. The van der Waals surface area contributed by atoms with Gasteiger partial charge in [-0.3, -0.25) is 4.79 Å². The van der Waals surface area contributed by atoms with Gasteiger partial charge in [0.05, 0.1) is 0 Å². The Bertz CT molecular complexity index is 631. The molecule has 2 aromatic rings. The summed E-state index contributed by atoms with van der Waals surface area (Å²) in [5.41, 5.74) is 2.24. The average molecular weight is 306 g/mol. The molecule has 0 aromatic heterocycles. The third-order valence-corrected chi connectivity index (χ3v) is 3.17. The van der Waals surface area contributed by atoms with Crippen molar-refractivity contribution >= 4 is 34.7 Å². The van der Waals surface area contributed by atoms with Crippen LogP contribution < -0.4 is 5.32 Å². The van der Waals surface area contributed by atoms with E-state index in [1.165, 1.54) is 0 Å². The Kier molecular flexibility index (Phi) is 4.83. The quantitative estimate of drug-likeness (QED) is 0.622. The first-order chi connectivity index (χ1) is 9.54. The Morgan fingerprint density at radius 1 is 0.950 bits per heavy atom. The number of hydrogen-bond acceptors (Lipinski definition) is 2. The van der Waals surface area contributed by atoms with E-state index in [1.54, 1.807) is 42.5 Å². The maximum absolute atomic E-state index is 12.0. The van der Waals surface area contributed by atoms with E-state index in [0.29, 0.717) is 15.6 Å². The van der Waals surface area contributed by atoms with Crippen LogP contribution in [0.5, 0.6) is 0 Å². The van der Waals surface area contributed by atoms with Gasteiger partial charge in [0.1, 0.15) is 0 Å². The summed E-state index contributed by atoms with van der Waals surface area (Å²) < 4.78 is 0. The van der Waals surface area contributed by atoms with Gasteiger partial charge in [-0.15, -0.1) is 0 Å². The second-order valence-corrected chi connectivity index (χ2v) is 5.20. The maximum Gasteiger partial charge on any atom is 0.187 e. The van der Waals surface area contributed by atoms with Gasteiger partial charge in [0, 0.05) is 33.1 Å². The summed E-state index contributed by atoms with van der Waals surface area (Å²) in [4.78, 5) is 12.0. The largest absolute Gasteiger partial charge is 0.359 e. The molecule has 0 unspecified atom stereocenters. The summed E-state index contributed by atoms with van der Waals surface area (Å²) >= 11 is 11.6. The van der Waals surface area contributed by atoms with Gasteiger partial charge in [-0.1, -0.05) is 23.2 Å². The lowest BCUT2D eigenvalue weighted by molar-refractivity contribution is 0.104. The monoisotopic (exact) mass is 305 g/mol. The molecule has 102 valence electrons. The summed E-state index contributed by atoms with van der Waals surface area (Å²) in [5.74, 6) is -0.0689. The van der Waals surface area contributed by atoms with Crippen LogP contribution in [0.25, 0.3) is 0 Å². The molecule has 2 nitrogen and oxygen atoms in total. The normalized spacial score (nSPS) is 11.2. The number of halogens is 2. The van der Waals surface area contributed by atoms with Crippen molar-refractivity contribution in [1.29, 1.82) is 0 Å². The molecule has 0 bridgehead atoms. The highest BCUT2D eigenvalue weighted by molar-refractivity contribution is 6.31. The average Bonchev–Trinajstić information content (AvgIpc) is 2.42. The van der Waals surface area contributed by atoms with Crippen LogP contribution in [0, 0.1) is 0 Å². The number of carbonyl (C=O) groups is 1. The van der Waals surface area contributed by atoms with Crippen LogP contribution in [-0.4, -0.2) is 5.78 Å². The van der Waals surface area contributed by atoms with Gasteiger partial charge in [0.15, 0.2) is 5.78 Å². The summed E-state index contributed by atoms with van der Waals surface area (Å²) in [7, 11) is 0. The van der Waals surface area contributed by atoms with Crippen molar-refractivity contribution in [1.82, 2.24) is 0 Å². The lowest BCUT2D eigenvalue weighted by Gasteiger charge is -2.06. The molecule has 0 spiro atoms. The Morgan fingerprint density at radius 2 is 1.45 bits per heavy atom. The van der Waals surface area contributed by atoms with Gasteiger partial charge in [-0.05, 0) is 55.5 Å². The van der Waals surface area contributed by atoms with Crippen molar-refractivity contribution in [2.45, 2.75) is 6.92 Å². The van der Waals surface area contributed by atoms with Gasteiger partial charge in [-0.25, -0.2) is 0 Å². The van der Waals surface area contributed by atoms with Crippen LogP contribution in [0.1, 0.15) is 17.3 Å². The highest BCUT2D eigenvalue weighted by atomic mass is 35.5. The van der Waals surface area contributed by atoms with Gasteiger partial charge in [0.25, 0.3) is 0 Å². The fraction of sp³-hybridized carbons (Fsp3) is 0.0625. The SMILES string of the molecule is C/C(=C\C(=O)c1ccc(Cl)cc1)Nc1ccc(Cl)cc1. The number of benzene rings is 2. The molecule has 0 aliphatic rings. The number of anilines is 1. The first kappa shape index (κ1) is 14.6. The Labute approximate surface area is 128 Å². The number of rotatable bonds is 4. The first-order valence-electron chi connectivity index (χ1n) is 6.05. The lowest BCUT2D eigenvalue weighted by atomic mass is 10.1. The molecular formula is C16H13Cl2NO. The van der Waals surface area contributed by atoms with Crippen molar-refractivity contribution < 1.29 is 4.79 Å². The van der Waals surface area contributed by atoms with Crippen LogP contribution in [-0.2, 0) is 0 Å². The second kappa shape index (κ2) is 6.60. The van der Waals surface area contributed by atoms with E-state index >= 15 is 0 Å². The van der Waals surface area contributed by atoms with Crippen LogP contribution in [0.3, 0.4) is 0 Å². The molecule has 20 heavy (non-hydrogen) atoms. The number of carbonyl (C=O) groups excluding carboxylic acids is 1. The van der Waals surface area contributed by atoms with Crippen molar-refractivity contribution in [3.05, 3.63) is 75.9 Å². The Hall–Kier alpha value is -1.77. The fourth-order valence-corrected chi connectivity index (χ4v) is 1.94. The zero-order valence-corrected chi connectivity index (χ0v) is 12.4. The van der Waals surface area contributed by atoms with Gasteiger partial charge in [0.2, 0.25) is 0 Å². The Morgan fingerprint density at radius 3 is 2.00 bits per heavy atom. The number of nitrogens with one attached hydrogen (secondary N) is 1. The molecule has 0 aliphatic carbocycles. The lowest BCUT2D eigenvalue weighted by Crippen LogP contribution is -2.01. The van der Waals surface area contributed by atoms with Crippen LogP contribution in [0.2, 0.25) is 10.0 Å². The first-order valence-corrected chi connectivity index (χ1v) is 6.81. The fourth-order valence-electron chi connectivity index (χ4n) is 1.69. The molecule has 0 aliphatic heterocycles. The molecule has 2 rings (SSSR count). The topological polar surface area (TPSA) is 29.1 Å². The van der Waals surface area contributed by atoms with E-state index < -0.39 is 0 Å². The van der Waals surface area contributed by atoms with Crippen molar-refractivity contribution in [3.63, 3.8) is 0 Å². The summed E-state index contributed by atoms with van der Waals surface area (Å²) in [6, 6.07) is 14.1. The highest BCUT2D eigenvalue weighted by Gasteiger charge is 2.03. The predicted molar refractivity (Wildman–Crippen MR) is 84.6 cm³/mol. The van der Waals surface area contributed by atoms with Crippen LogP contribution in [0.4, 0.5) is 5.69 Å². The third-order valence-electron chi connectivity index (χ3n) is 2.66. The number of hydrogen-bond donors (Lipinski definition) is 1. The minimum Gasteiger partial charge on any atom is -0.359 e. The molecule has 0 radical (unpaired) electrons. The van der Waals surface area contributed by atoms with E-state index in [9.17, 15) is 4.79 Å². The van der Waals surface area contributed by atoms with Gasteiger partial charge < -0.3 is 5.32 Å². The van der Waals surface area contributed by atoms with Crippen molar-refractivity contribution in [2.24, 2.45) is 0 Å². The van der Waals surface area contributed by atoms with Gasteiger partial charge in [-0.2, -0.15) is 0 Å². The molecule has 0 saturated carbocycles. The molecule has 4 heteroatoms. The number of allylic oxidation sites excluding steroid dienone is 2. The molecule has 0 fully saturated rings. The zero-order valence-electron chi connectivity index (χ0n) is 10.9. The van der Waals surface area contributed by atoms with Crippen molar-refractivity contribution in [3.8, 4) is 0 Å². The zero-order chi connectivity index (χ0) is 14.5. The van der Waals surface area contributed by atoms with Crippen LogP contribution >= 0.6 is 23.2 Å². The molecular weight excluding hydrogens is 293 g/mol. The van der Waals surface area contributed by atoms with E-state index in [1.807, 2.05) is 19.1 Å². The molecule has 0 amide bonds. The highest BCUT2D eigenvalue weighted by Crippen LogP contribution is 2.16. The standard InChI is InChI=1S/C16H13Cl2NO/c1-11(19-15-8-6-14(18)7-9-15)10-16(20)12-2-4-13(17)5-3-12/h2-10,19H,1H3/b11-10+. The maximum atomic E-state index is 12.0. The summed E-state index contributed by atoms with van der Waals surface area (Å²) in [5, 5.41) is 4.42. The minimum absolute atomic E-state index is 0.0689.